The first-order valence-electron chi connectivity index (χ1n) is 2.80. The minimum absolute atomic E-state index is 1.05. The average Bonchev–Trinajstić information content (AvgIpc) is 1.81. The van der Waals surface area contributed by atoms with E-state index in [0.29, 0.717) is 0 Å². The highest BCUT2D eigenvalue weighted by molar-refractivity contribution is 4.91. The molecule has 0 fully saturated rings. The van der Waals surface area contributed by atoms with Crippen molar-refractivity contribution >= 4 is 0 Å². The summed E-state index contributed by atoms with van der Waals surface area (Å²) in [6.45, 7) is 4.59. The van der Waals surface area contributed by atoms with E-state index in [2.05, 4.69) is 17.2 Å². The maximum Gasteiger partial charge on any atom is 0.205 e. The third-order valence-electron chi connectivity index (χ3n) is 0.755. The van der Waals surface area contributed by atoms with Gasteiger partial charge >= 0.3 is 0 Å². The molecule has 0 spiro atoms. The van der Waals surface area contributed by atoms with Crippen LogP contribution in [0.2, 0.25) is 0 Å². The van der Waals surface area contributed by atoms with Crippen LogP contribution in [0.5, 0.6) is 0 Å². The van der Waals surface area contributed by atoms with Crippen LogP contribution in [0, 0.1) is 0 Å². The third kappa shape index (κ3) is 5.40. The van der Waals surface area contributed by atoms with Crippen molar-refractivity contribution in [3.63, 3.8) is 0 Å². The number of quaternary nitrogens is 2. The molecule has 0 aromatic carbocycles. The highest BCUT2D eigenvalue weighted by atomic mass is 15.0. The summed E-state index contributed by atoms with van der Waals surface area (Å²) in [5, 5.41) is 4.19. The summed E-state index contributed by atoms with van der Waals surface area (Å²) < 4.78 is 0. The standard InChI is InChI=1S/C6H12N2/c1-3-4-5-8-6-7-2/h3-5,7-8H,1,6H2,2H3/p+2. The molecule has 0 atom stereocenters. The van der Waals surface area contributed by atoms with Crippen molar-refractivity contribution in [1.82, 2.24) is 0 Å². The topological polar surface area (TPSA) is 33.2 Å². The molecule has 0 aliphatic heterocycles. The summed E-state index contributed by atoms with van der Waals surface area (Å²) in [5.41, 5.74) is 0. The van der Waals surface area contributed by atoms with Gasteiger partial charge in [0.1, 0.15) is 0 Å². The largest absolute Gasteiger partial charge is 0.302 e. The van der Waals surface area contributed by atoms with Crippen molar-refractivity contribution < 1.29 is 10.6 Å². The van der Waals surface area contributed by atoms with E-state index < -0.39 is 0 Å². The molecule has 0 unspecified atom stereocenters. The SMILES string of the molecule is C=CC=C[NH2+]C[NH2+]C. The van der Waals surface area contributed by atoms with Crippen LogP contribution in [0.25, 0.3) is 0 Å². The first kappa shape index (κ1) is 7.40. The third-order valence-corrected chi connectivity index (χ3v) is 0.755. The number of allylic oxidation sites excluding steroid dienone is 2. The van der Waals surface area contributed by atoms with Gasteiger partial charge in [-0.25, -0.2) is 0 Å². The van der Waals surface area contributed by atoms with E-state index in [1.165, 1.54) is 0 Å². The van der Waals surface area contributed by atoms with Gasteiger partial charge in [-0.05, 0) is 6.08 Å². The van der Waals surface area contributed by atoms with Crippen molar-refractivity contribution in [2.75, 3.05) is 13.7 Å². The summed E-state index contributed by atoms with van der Waals surface area (Å²) in [4.78, 5) is 0. The highest BCUT2D eigenvalue weighted by Crippen LogP contribution is 1.57. The van der Waals surface area contributed by atoms with Gasteiger partial charge in [-0.15, -0.1) is 0 Å². The van der Waals surface area contributed by atoms with Crippen molar-refractivity contribution in [3.05, 3.63) is 24.9 Å². The van der Waals surface area contributed by atoms with Crippen LogP contribution in [0.4, 0.5) is 0 Å². The maximum atomic E-state index is 3.54. The predicted molar refractivity (Wildman–Crippen MR) is 34.0 cm³/mol. The van der Waals surface area contributed by atoms with Gasteiger partial charge in [0.25, 0.3) is 0 Å². The molecule has 0 rings (SSSR count). The van der Waals surface area contributed by atoms with Gasteiger partial charge in [-0.2, -0.15) is 0 Å². The Morgan fingerprint density at radius 2 is 2.38 bits per heavy atom. The second-order valence-electron chi connectivity index (χ2n) is 1.50. The van der Waals surface area contributed by atoms with Gasteiger partial charge in [0.05, 0.1) is 13.2 Å². The Kier molecular flexibility index (Phi) is 5.92. The maximum absolute atomic E-state index is 3.54. The Bertz CT molecular complexity index is 76.6. The number of nitrogens with two attached hydrogens (primary N) is 2. The summed E-state index contributed by atoms with van der Waals surface area (Å²) >= 11 is 0. The zero-order valence-corrected chi connectivity index (χ0v) is 5.30. The monoisotopic (exact) mass is 114 g/mol. The van der Waals surface area contributed by atoms with Crippen LogP contribution >= 0.6 is 0 Å². The Morgan fingerprint density at radius 1 is 1.62 bits per heavy atom. The molecule has 0 bridgehead atoms. The molecule has 0 amide bonds. The molecule has 0 aromatic rings. The number of hydrogen-bond donors (Lipinski definition) is 2. The molecule has 0 saturated carbocycles. The quantitative estimate of drug-likeness (QED) is 0.251. The summed E-state index contributed by atoms with van der Waals surface area (Å²) in [6, 6.07) is 0. The molecule has 0 aliphatic rings. The van der Waals surface area contributed by atoms with Crippen LogP contribution in [-0.2, 0) is 0 Å². The first-order chi connectivity index (χ1) is 3.91. The molecule has 4 N–H and O–H groups in total. The molecule has 8 heavy (non-hydrogen) atoms. The average molecular weight is 114 g/mol. The fourth-order valence-corrected chi connectivity index (χ4v) is 0.372. The molecule has 0 saturated heterocycles. The van der Waals surface area contributed by atoms with Crippen LogP contribution in [0.15, 0.2) is 24.9 Å². The van der Waals surface area contributed by atoms with Gasteiger partial charge in [0.15, 0.2) is 0 Å². The lowest BCUT2D eigenvalue weighted by Gasteiger charge is -1.85. The molecular formula is C6H14N2+2. The van der Waals surface area contributed by atoms with E-state index in [1.54, 1.807) is 6.08 Å². The minimum Gasteiger partial charge on any atom is -0.302 e. The van der Waals surface area contributed by atoms with E-state index in [-0.39, 0.29) is 0 Å². The number of hydrogen-bond acceptors (Lipinski definition) is 0. The normalized spacial score (nSPS) is 10.1. The predicted octanol–water partition coefficient (Wildman–Crippen LogP) is -1.60. The number of rotatable bonds is 4. The molecule has 0 aromatic heterocycles. The Hall–Kier alpha value is -0.600. The molecule has 46 valence electrons. The molecule has 0 radical (unpaired) electrons. The smallest absolute Gasteiger partial charge is 0.205 e. The van der Waals surface area contributed by atoms with Gasteiger partial charge in [0.2, 0.25) is 6.67 Å². The van der Waals surface area contributed by atoms with Crippen molar-refractivity contribution in [1.29, 1.82) is 0 Å². The highest BCUT2D eigenvalue weighted by Gasteiger charge is 1.75. The first-order valence-corrected chi connectivity index (χ1v) is 2.80. The van der Waals surface area contributed by atoms with E-state index in [1.807, 2.05) is 19.3 Å². The minimum atomic E-state index is 1.05. The summed E-state index contributed by atoms with van der Waals surface area (Å²) in [7, 11) is 2.04. The molecule has 2 nitrogen and oxygen atoms in total. The lowest BCUT2D eigenvalue weighted by molar-refractivity contribution is -0.819. The van der Waals surface area contributed by atoms with E-state index >= 15 is 0 Å². The Morgan fingerprint density at radius 3 is 2.88 bits per heavy atom. The van der Waals surface area contributed by atoms with Crippen LogP contribution in [0.3, 0.4) is 0 Å². The fraction of sp³-hybridized carbons (Fsp3) is 0.333. The fourth-order valence-electron chi connectivity index (χ4n) is 0.372. The Balaban J connectivity index is 2.91. The molecule has 2 heteroatoms. The van der Waals surface area contributed by atoms with Crippen LogP contribution < -0.4 is 10.6 Å². The molecule has 0 heterocycles. The second-order valence-corrected chi connectivity index (χ2v) is 1.50. The van der Waals surface area contributed by atoms with E-state index in [4.69, 9.17) is 0 Å². The molecular weight excluding hydrogens is 100 g/mol. The van der Waals surface area contributed by atoms with Crippen LogP contribution in [-0.4, -0.2) is 13.7 Å². The lowest BCUT2D eigenvalue weighted by atomic mass is 10.6. The summed E-state index contributed by atoms with van der Waals surface area (Å²) in [5.74, 6) is 0. The summed E-state index contributed by atoms with van der Waals surface area (Å²) in [6.07, 6.45) is 5.68. The Labute approximate surface area is 50.3 Å². The van der Waals surface area contributed by atoms with Crippen molar-refractivity contribution in [3.8, 4) is 0 Å². The van der Waals surface area contributed by atoms with Crippen molar-refractivity contribution in [2.24, 2.45) is 0 Å². The van der Waals surface area contributed by atoms with Crippen LogP contribution in [0.1, 0.15) is 0 Å². The van der Waals surface area contributed by atoms with E-state index in [0.717, 1.165) is 6.67 Å². The zero-order valence-electron chi connectivity index (χ0n) is 5.30. The lowest BCUT2D eigenvalue weighted by Crippen LogP contribution is -3.01. The van der Waals surface area contributed by atoms with Gasteiger partial charge in [0, 0.05) is 0 Å². The molecule has 0 aliphatic carbocycles. The van der Waals surface area contributed by atoms with E-state index in [9.17, 15) is 0 Å². The second kappa shape index (κ2) is 6.40. The van der Waals surface area contributed by atoms with Crippen molar-refractivity contribution in [2.45, 2.75) is 0 Å². The van der Waals surface area contributed by atoms with Gasteiger partial charge < -0.3 is 5.32 Å². The zero-order chi connectivity index (χ0) is 6.24. The van der Waals surface area contributed by atoms with Gasteiger partial charge in [-0.3, -0.25) is 5.32 Å². The van der Waals surface area contributed by atoms with Gasteiger partial charge in [-0.1, -0.05) is 12.7 Å².